The fourth-order valence-corrected chi connectivity index (χ4v) is 2.76. The highest BCUT2D eigenvalue weighted by atomic mass is 16.6. The molecule has 8 nitrogen and oxygen atoms in total. The third kappa shape index (κ3) is 6.67. The Bertz CT molecular complexity index is 1050. The Hall–Kier alpha value is -4.20. The summed E-state index contributed by atoms with van der Waals surface area (Å²) in [4.78, 5) is 26.6. The lowest BCUT2D eigenvalue weighted by molar-refractivity contribution is -0.384. The summed E-state index contributed by atoms with van der Waals surface area (Å²) in [6.07, 6.45) is 5.37. The van der Waals surface area contributed by atoms with Crippen molar-refractivity contribution in [1.29, 1.82) is 0 Å². The summed E-state index contributed by atoms with van der Waals surface area (Å²) in [7, 11) is 1.64. The lowest BCUT2D eigenvalue weighted by Gasteiger charge is -2.08. The topological polar surface area (TPSA) is 106 Å². The molecule has 3 aromatic rings. The Kier molecular flexibility index (Phi) is 7.31. The number of ether oxygens (including phenoxy) is 1. The van der Waals surface area contributed by atoms with Gasteiger partial charge in [0.15, 0.2) is 0 Å². The third-order valence-corrected chi connectivity index (χ3v) is 4.44. The fourth-order valence-electron chi connectivity index (χ4n) is 2.76. The summed E-state index contributed by atoms with van der Waals surface area (Å²) < 4.78 is 5.15. The first-order chi connectivity index (χ1) is 15.0. The number of methoxy groups -OCH3 is 1. The number of hydrogen-bond donors (Lipinski definition) is 2. The van der Waals surface area contributed by atoms with Crippen molar-refractivity contribution in [2.24, 2.45) is 0 Å². The van der Waals surface area contributed by atoms with Crippen LogP contribution in [0.15, 0.2) is 72.9 Å². The number of hydrogen-bond acceptors (Lipinski definition) is 6. The van der Waals surface area contributed by atoms with E-state index in [0.29, 0.717) is 17.1 Å². The van der Waals surface area contributed by atoms with Gasteiger partial charge in [0.25, 0.3) is 5.69 Å². The van der Waals surface area contributed by atoms with E-state index >= 15 is 0 Å². The number of anilines is 2. The minimum atomic E-state index is -0.467. The van der Waals surface area contributed by atoms with E-state index in [0.717, 1.165) is 18.7 Å². The Morgan fingerprint density at radius 3 is 2.45 bits per heavy atom. The zero-order valence-corrected chi connectivity index (χ0v) is 16.9. The lowest BCUT2D eigenvalue weighted by Crippen LogP contribution is -2.09. The predicted octanol–water partition coefficient (Wildman–Crippen LogP) is 4.30. The number of aromatic nitrogens is 1. The molecule has 1 amide bonds. The first kappa shape index (κ1) is 21.5. The number of carbonyl (C=O) groups is 1. The second kappa shape index (κ2) is 10.5. The number of non-ortho nitro benzene ring substituents is 1. The molecule has 3 rings (SSSR count). The van der Waals surface area contributed by atoms with Gasteiger partial charge in [-0.3, -0.25) is 14.9 Å². The van der Waals surface area contributed by atoms with Crippen LogP contribution >= 0.6 is 0 Å². The van der Waals surface area contributed by atoms with Crippen molar-refractivity contribution in [2.75, 3.05) is 24.3 Å². The van der Waals surface area contributed by atoms with Crippen molar-refractivity contribution >= 4 is 29.2 Å². The lowest BCUT2D eigenvalue weighted by atomic mass is 10.1. The van der Waals surface area contributed by atoms with Crippen LogP contribution in [0.1, 0.15) is 11.1 Å². The van der Waals surface area contributed by atoms with Crippen molar-refractivity contribution in [1.82, 2.24) is 4.98 Å². The third-order valence-electron chi connectivity index (χ3n) is 4.44. The van der Waals surface area contributed by atoms with Gasteiger partial charge in [0.2, 0.25) is 5.91 Å². The Balaban J connectivity index is 1.45. The molecule has 1 heterocycles. The van der Waals surface area contributed by atoms with Crippen LogP contribution in [-0.4, -0.2) is 29.5 Å². The number of rotatable bonds is 9. The standard InChI is InChI=1S/C23H22N4O4/c1-31-21-10-4-18(5-11-21)14-15-24-22-12-7-19(16-25-22)26-23(28)13-6-17-2-8-20(9-3-17)27(29)30/h2-13,16H,14-15H2,1H3,(H,24,25)(H,26,28)/b13-6+. The molecule has 1 aromatic heterocycles. The molecule has 0 spiro atoms. The van der Waals surface area contributed by atoms with Crippen molar-refractivity contribution in [3.8, 4) is 5.75 Å². The van der Waals surface area contributed by atoms with Gasteiger partial charge in [-0.25, -0.2) is 4.98 Å². The Labute approximate surface area is 179 Å². The average molecular weight is 418 g/mol. The van der Waals surface area contributed by atoms with Crippen LogP contribution in [0.2, 0.25) is 0 Å². The molecule has 0 saturated carbocycles. The van der Waals surface area contributed by atoms with Crippen LogP contribution in [0, 0.1) is 10.1 Å². The van der Waals surface area contributed by atoms with Crippen molar-refractivity contribution in [2.45, 2.75) is 6.42 Å². The smallest absolute Gasteiger partial charge is 0.269 e. The highest BCUT2D eigenvalue weighted by Gasteiger charge is 2.03. The minimum absolute atomic E-state index is 0.00498. The zero-order valence-electron chi connectivity index (χ0n) is 16.9. The number of carbonyl (C=O) groups excluding carboxylic acids is 1. The van der Waals surface area contributed by atoms with E-state index in [4.69, 9.17) is 4.74 Å². The van der Waals surface area contributed by atoms with E-state index in [1.165, 1.54) is 23.8 Å². The van der Waals surface area contributed by atoms with Crippen LogP contribution in [0.3, 0.4) is 0 Å². The second-order valence-corrected chi connectivity index (χ2v) is 6.63. The van der Waals surface area contributed by atoms with E-state index in [2.05, 4.69) is 15.6 Å². The molecular weight excluding hydrogens is 396 g/mol. The number of nitrogens with zero attached hydrogens (tertiary/aromatic N) is 2. The number of nitro groups is 1. The van der Waals surface area contributed by atoms with E-state index in [1.54, 1.807) is 43.6 Å². The maximum atomic E-state index is 12.1. The largest absolute Gasteiger partial charge is 0.497 e. The van der Waals surface area contributed by atoms with E-state index in [-0.39, 0.29) is 11.6 Å². The Morgan fingerprint density at radius 2 is 1.84 bits per heavy atom. The van der Waals surface area contributed by atoms with Gasteiger partial charge in [-0.15, -0.1) is 0 Å². The molecule has 0 radical (unpaired) electrons. The molecule has 0 aliphatic heterocycles. The van der Waals surface area contributed by atoms with E-state index in [1.807, 2.05) is 24.3 Å². The van der Waals surface area contributed by atoms with Gasteiger partial charge < -0.3 is 15.4 Å². The molecule has 0 aliphatic carbocycles. The number of nitrogens with one attached hydrogen (secondary N) is 2. The average Bonchev–Trinajstić information content (AvgIpc) is 2.79. The van der Waals surface area contributed by atoms with Gasteiger partial charge in [0.05, 0.1) is 23.9 Å². The fraction of sp³-hybridized carbons (Fsp3) is 0.130. The van der Waals surface area contributed by atoms with Crippen molar-refractivity contribution in [3.63, 3.8) is 0 Å². The maximum Gasteiger partial charge on any atom is 0.269 e. The molecule has 0 aliphatic rings. The van der Waals surface area contributed by atoms with Gasteiger partial charge >= 0.3 is 0 Å². The molecular formula is C23H22N4O4. The summed E-state index contributed by atoms with van der Waals surface area (Å²) in [5, 5.41) is 16.6. The summed E-state index contributed by atoms with van der Waals surface area (Å²) in [6, 6.07) is 17.4. The second-order valence-electron chi connectivity index (χ2n) is 6.63. The van der Waals surface area contributed by atoms with Crippen molar-refractivity contribution < 1.29 is 14.5 Å². The predicted molar refractivity (Wildman–Crippen MR) is 120 cm³/mol. The highest BCUT2D eigenvalue weighted by Crippen LogP contribution is 2.14. The first-order valence-electron chi connectivity index (χ1n) is 9.60. The quantitative estimate of drug-likeness (QED) is 0.305. The molecule has 0 saturated heterocycles. The molecule has 31 heavy (non-hydrogen) atoms. The maximum absolute atomic E-state index is 12.1. The van der Waals surface area contributed by atoms with Crippen LogP contribution in [-0.2, 0) is 11.2 Å². The molecule has 0 bridgehead atoms. The minimum Gasteiger partial charge on any atom is -0.497 e. The SMILES string of the molecule is COc1ccc(CCNc2ccc(NC(=O)/C=C/c3ccc([N+](=O)[O-])cc3)cn2)cc1. The van der Waals surface area contributed by atoms with Gasteiger partial charge in [0.1, 0.15) is 11.6 Å². The van der Waals surface area contributed by atoms with Crippen LogP contribution in [0.5, 0.6) is 5.75 Å². The number of benzene rings is 2. The molecule has 2 aromatic carbocycles. The van der Waals surface area contributed by atoms with Crippen molar-refractivity contribution in [3.05, 3.63) is 94.2 Å². The number of pyridine rings is 1. The van der Waals surface area contributed by atoms with Gasteiger partial charge in [0, 0.05) is 24.8 Å². The van der Waals surface area contributed by atoms with Crippen LogP contribution < -0.4 is 15.4 Å². The molecule has 2 N–H and O–H groups in total. The summed E-state index contributed by atoms with van der Waals surface area (Å²) >= 11 is 0. The van der Waals surface area contributed by atoms with Gasteiger partial charge in [-0.2, -0.15) is 0 Å². The van der Waals surface area contributed by atoms with Gasteiger partial charge in [-0.05, 0) is 60.0 Å². The Morgan fingerprint density at radius 1 is 1.10 bits per heavy atom. The molecule has 0 atom stereocenters. The normalized spacial score (nSPS) is 10.6. The van der Waals surface area contributed by atoms with Crippen LogP contribution in [0.4, 0.5) is 17.2 Å². The number of amides is 1. The molecule has 158 valence electrons. The molecule has 0 fully saturated rings. The molecule has 0 unspecified atom stereocenters. The zero-order chi connectivity index (χ0) is 22.1. The summed E-state index contributed by atoms with van der Waals surface area (Å²) in [5.41, 5.74) is 2.46. The number of nitro benzene ring substituents is 1. The van der Waals surface area contributed by atoms with E-state index in [9.17, 15) is 14.9 Å². The molecule has 8 heteroatoms. The first-order valence-corrected chi connectivity index (χ1v) is 9.60. The monoisotopic (exact) mass is 418 g/mol. The summed E-state index contributed by atoms with van der Waals surface area (Å²) in [5.74, 6) is 1.23. The van der Waals surface area contributed by atoms with E-state index < -0.39 is 4.92 Å². The van der Waals surface area contributed by atoms with Gasteiger partial charge in [-0.1, -0.05) is 12.1 Å². The van der Waals surface area contributed by atoms with Crippen LogP contribution in [0.25, 0.3) is 6.08 Å². The summed E-state index contributed by atoms with van der Waals surface area (Å²) in [6.45, 7) is 0.725. The highest BCUT2D eigenvalue weighted by molar-refractivity contribution is 6.01.